The van der Waals surface area contributed by atoms with Gasteiger partial charge in [0.2, 0.25) is 0 Å². The highest BCUT2D eigenvalue weighted by Crippen LogP contribution is 2.28. The van der Waals surface area contributed by atoms with Crippen molar-refractivity contribution in [2.24, 2.45) is 0 Å². The Hall–Kier alpha value is -2.01. The van der Waals surface area contributed by atoms with Gasteiger partial charge in [-0.2, -0.15) is 0 Å². The molecule has 1 aliphatic rings. The SMILES string of the molecule is O=C1CCN(C(=O)c2cc(F)cc(Br)c2)c2ccccc21. The topological polar surface area (TPSA) is 37.4 Å². The minimum absolute atomic E-state index is 0.0232. The van der Waals surface area contributed by atoms with E-state index in [4.69, 9.17) is 0 Å². The van der Waals surface area contributed by atoms with E-state index in [0.717, 1.165) is 0 Å². The van der Waals surface area contributed by atoms with Crippen molar-refractivity contribution in [2.45, 2.75) is 6.42 Å². The summed E-state index contributed by atoms with van der Waals surface area (Å²) < 4.78 is 14.0. The van der Waals surface area contributed by atoms with Gasteiger partial charge in [0.1, 0.15) is 5.82 Å². The maximum Gasteiger partial charge on any atom is 0.258 e. The number of fused-ring (bicyclic) bond motifs is 1. The van der Waals surface area contributed by atoms with Crippen LogP contribution in [-0.2, 0) is 0 Å². The third kappa shape index (κ3) is 2.61. The number of carbonyl (C=O) groups excluding carboxylic acids is 2. The second-order valence-electron chi connectivity index (χ2n) is 4.81. The number of benzene rings is 2. The molecule has 1 heterocycles. The molecule has 0 saturated carbocycles. The van der Waals surface area contributed by atoms with Gasteiger partial charge in [-0.05, 0) is 30.3 Å². The third-order valence-electron chi connectivity index (χ3n) is 3.41. The summed E-state index contributed by atoms with van der Waals surface area (Å²) in [5.41, 5.74) is 1.37. The second kappa shape index (κ2) is 5.41. The van der Waals surface area contributed by atoms with Crippen LogP contribution in [0, 0.1) is 5.82 Å². The molecule has 0 spiro atoms. The van der Waals surface area contributed by atoms with Crippen molar-refractivity contribution in [3.63, 3.8) is 0 Å². The van der Waals surface area contributed by atoms with E-state index in [1.54, 1.807) is 30.3 Å². The monoisotopic (exact) mass is 347 g/mol. The summed E-state index contributed by atoms with van der Waals surface area (Å²) in [6.07, 6.45) is 0.277. The minimum atomic E-state index is -0.478. The van der Waals surface area contributed by atoms with E-state index in [9.17, 15) is 14.0 Å². The van der Waals surface area contributed by atoms with Crippen molar-refractivity contribution in [3.8, 4) is 0 Å². The number of ketones is 1. The zero-order valence-corrected chi connectivity index (χ0v) is 12.6. The molecular weight excluding hydrogens is 337 g/mol. The predicted molar refractivity (Wildman–Crippen MR) is 81.2 cm³/mol. The van der Waals surface area contributed by atoms with Crippen molar-refractivity contribution in [3.05, 3.63) is 63.9 Å². The van der Waals surface area contributed by atoms with Crippen LogP contribution in [0.2, 0.25) is 0 Å². The number of halogens is 2. The Morgan fingerprint density at radius 1 is 1.19 bits per heavy atom. The highest BCUT2D eigenvalue weighted by Gasteiger charge is 2.27. The molecule has 2 aromatic carbocycles. The van der Waals surface area contributed by atoms with Gasteiger partial charge in [0, 0.05) is 28.6 Å². The Bertz CT molecular complexity index is 725. The number of rotatable bonds is 1. The smallest absolute Gasteiger partial charge is 0.258 e. The predicted octanol–water partition coefficient (Wildman–Crippen LogP) is 3.82. The van der Waals surface area contributed by atoms with Crippen LogP contribution in [0.1, 0.15) is 27.1 Å². The second-order valence-corrected chi connectivity index (χ2v) is 5.72. The molecule has 0 atom stereocenters. The van der Waals surface area contributed by atoms with E-state index in [0.29, 0.717) is 22.3 Å². The summed E-state index contributed by atoms with van der Waals surface area (Å²) in [4.78, 5) is 26.0. The van der Waals surface area contributed by atoms with Crippen LogP contribution in [0.25, 0.3) is 0 Å². The first-order chi connectivity index (χ1) is 10.1. The first-order valence-electron chi connectivity index (χ1n) is 6.46. The Kier molecular flexibility index (Phi) is 3.59. The number of Topliss-reactive ketones (excluding diaryl/α,β-unsaturated/α-hetero) is 1. The van der Waals surface area contributed by atoms with Crippen LogP contribution in [0.4, 0.5) is 10.1 Å². The van der Waals surface area contributed by atoms with Gasteiger partial charge in [-0.3, -0.25) is 9.59 Å². The number of nitrogens with zero attached hydrogens (tertiary/aromatic N) is 1. The lowest BCUT2D eigenvalue weighted by Crippen LogP contribution is -2.37. The standard InChI is InChI=1S/C16H11BrFNO2/c17-11-7-10(8-12(18)9-11)16(21)19-6-5-15(20)13-3-1-2-4-14(13)19/h1-4,7-9H,5-6H2. The summed E-state index contributed by atoms with van der Waals surface area (Å²) in [7, 11) is 0. The highest BCUT2D eigenvalue weighted by molar-refractivity contribution is 9.10. The average Bonchev–Trinajstić information content (AvgIpc) is 2.46. The molecule has 0 bridgehead atoms. The molecule has 2 aromatic rings. The highest BCUT2D eigenvalue weighted by atomic mass is 79.9. The average molecular weight is 348 g/mol. The Balaban J connectivity index is 2.03. The number of hydrogen-bond acceptors (Lipinski definition) is 2. The minimum Gasteiger partial charge on any atom is -0.307 e. The van der Waals surface area contributed by atoms with Gasteiger partial charge in [-0.25, -0.2) is 4.39 Å². The normalized spacial score (nSPS) is 14.0. The zero-order chi connectivity index (χ0) is 15.0. The summed E-state index contributed by atoms with van der Waals surface area (Å²) in [6, 6.07) is 11.1. The lowest BCUT2D eigenvalue weighted by Gasteiger charge is -2.28. The molecule has 0 radical (unpaired) electrons. The molecule has 0 aromatic heterocycles. The summed E-state index contributed by atoms with van der Waals surface area (Å²) in [5, 5.41) is 0. The fourth-order valence-electron chi connectivity index (χ4n) is 2.46. The Morgan fingerprint density at radius 2 is 1.95 bits per heavy atom. The first-order valence-corrected chi connectivity index (χ1v) is 7.26. The molecule has 0 saturated heterocycles. The largest absolute Gasteiger partial charge is 0.307 e. The fraction of sp³-hybridized carbons (Fsp3) is 0.125. The quantitative estimate of drug-likeness (QED) is 0.786. The van der Waals surface area contributed by atoms with Crippen LogP contribution in [0.3, 0.4) is 0 Å². The maximum absolute atomic E-state index is 13.5. The van der Waals surface area contributed by atoms with E-state index in [1.165, 1.54) is 17.0 Å². The molecule has 0 unspecified atom stereocenters. The van der Waals surface area contributed by atoms with Crippen molar-refractivity contribution in [1.29, 1.82) is 0 Å². The van der Waals surface area contributed by atoms with Crippen LogP contribution in [0.15, 0.2) is 46.9 Å². The number of hydrogen-bond donors (Lipinski definition) is 0. The van der Waals surface area contributed by atoms with E-state index >= 15 is 0 Å². The summed E-state index contributed by atoms with van der Waals surface area (Å²) >= 11 is 3.18. The molecular formula is C16H11BrFNO2. The van der Waals surface area contributed by atoms with Crippen molar-refractivity contribution < 1.29 is 14.0 Å². The number of anilines is 1. The molecule has 3 rings (SSSR count). The van der Waals surface area contributed by atoms with Gasteiger partial charge in [0.15, 0.2) is 5.78 Å². The van der Waals surface area contributed by atoms with Crippen LogP contribution in [0.5, 0.6) is 0 Å². The van der Waals surface area contributed by atoms with Crippen molar-refractivity contribution >= 4 is 33.3 Å². The number of amides is 1. The van der Waals surface area contributed by atoms with Gasteiger partial charge in [-0.15, -0.1) is 0 Å². The van der Waals surface area contributed by atoms with Gasteiger partial charge in [0.25, 0.3) is 5.91 Å². The third-order valence-corrected chi connectivity index (χ3v) is 3.87. The number of para-hydroxylation sites is 1. The molecule has 0 aliphatic carbocycles. The Morgan fingerprint density at radius 3 is 2.71 bits per heavy atom. The van der Waals surface area contributed by atoms with E-state index in [-0.39, 0.29) is 23.7 Å². The molecule has 1 amide bonds. The molecule has 0 fully saturated rings. The van der Waals surface area contributed by atoms with Crippen molar-refractivity contribution in [1.82, 2.24) is 0 Å². The molecule has 1 aliphatic heterocycles. The summed E-state index contributed by atoms with van der Waals surface area (Å²) in [5.74, 6) is -0.765. The first kappa shape index (κ1) is 13.9. The maximum atomic E-state index is 13.5. The van der Waals surface area contributed by atoms with Crippen LogP contribution < -0.4 is 4.90 Å². The molecule has 106 valence electrons. The van der Waals surface area contributed by atoms with Gasteiger partial charge >= 0.3 is 0 Å². The van der Waals surface area contributed by atoms with Crippen LogP contribution in [-0.4, -0.2) is 18.2 Å². The Labute approximate surface area is 129 Å². The zero-order valence-electron chi connectivity index (χ0n) is 11.0. The molecule has 21 heavy (non-hydrogen) atoms. The fourth-order valence-corrected chi connectivity index (χ4v) is 2.92. The molecule has 5 heteroatoms. The van der Waals surface area contributed by atoms with Gasteiger partial charge < -0.3 is 4.90 Å². The van der Waals surface area contributed by atoms with E-state index in [2.05, 4.69) is 15.9 Å². The summed E-state index contributed by atoms with van der Waals surface area (Å²) in [6.45, 7) is 0.308. The number of carbonyl (C=O) groups is 2. The molecule has 0 N–H and O–H groups in total. The van der Waals surface area contributed by atoms with Crippen molar-refractivity contribution in [2.75, 3.05) is 11.4 Å². The van der Waals surface area contributed by atoms with Gasteiger partial charge in [-0.1, -0.05) is 28.1 Å². The molecule has 3 nitrogen and oxygen atoms in total. The lowest BCUT2D eigenvalue weighted by atomic mass is 9.99. The van der Waals surface area contributed by atoms with Gasteiger partial charge in [0.05, 0.1) is 5.69 Å². The lowest BCUT2D eigenvalue weighted by molar-refractivity contribution is 0.0955. The van der Waals surface area contributed by atoms with E-state index < -0.39 is 5.82 Å². The van der Waals surface area contributed by atoms with E-state index in [1.807, 2.05) is 0 Å². The van der Waals surface area contributed by atoms with Crippen LogP contribution >= 0.6 is 15.9 Å².